The number of benzene rings is 4. The maximum absolute atomic E-state index is 13.3. The molecule has 1 unspecified atom stereocenters. The first kappa shape index (κ1) is 24.6. The van der Waals surface area contributed by atoms with Crippen LogP contribution in [0.4, 0.5) is 11.4 Å². The van der Waals surface area contributed by atoms with Crippen LogP contribution in [0.5, 0.6) is 0 Å². The van der Waals surface area contributed by atoms with Crippen LogP contribution in [0.15, 0.2) is 108 Å². The summed E-state index contributed by atoms with van der Waals surface area (Å²) in [5.74, 6) is -0.227. The number of hydrogen-bond donors (Lipinski definition) is 2. The number of aryl methyl sites for hydroxylation is 1. The molecule has 6 heteroatoms. The molecule has 0 fully saturated rings. The van der Waals surface area contributed by atoms with Gasteiger partial charge in [-0.25, -0.2) is 0 Å². The van der Waals surface area contributed by atoms with Gasteiger partial charge in [0.05, 0.1) is 6.42 Å². The van der Waals surface area contributed by atoms with E-state index < -0.39 is 5.25 Å². The molecule has 35 heavy (non-hydrogen) atoms. The molecule has 4 nitrogen and oxygen atoms in total. The van der Waals surface area contributed by atoms with E-state index in [4.69, 9.17) is 11.6 Å². The van der Waals surface area contributed by atoms with Gasteiger partial charge in [-0.1, -0.05) is 72.3 Å². The van der Waals surface area contributed by atoms with Crippen molar-refractivity contribution in [1.29, 1.82) is 0 Å². The van der Waals surface area contributed by atoms with Gasteiger partial charge in [0.25, 0.3) is 0 Å². The van der Waals surface area contributed by atoms with E-state index in [-0.39, 0.29) is 18.2 Å². The molecular formula is C29H25ClN2O2S. The summed E-state index contributed by atoms with van der Waals surface area (Å²) in [6.45, 7) is 1.99. The Balaban J connectivity index is 1.49. The van der Waals surface area contributed by atoms with Crippen LogP contribution in [0.2, 0.25) is 5.02 Å². The highest BCUT2D eigenvalue weighted by molar-refractivity contribution is 8.00. The second kappa shape index (κ2) is 11.7. The molecule has 176 valence electrons. The minimum atomic E-state index is -0.461. The Kier molecular flexibility index (Phi) is 8.24. The lowest BCUT2D eigenvalue weighted by atomic mass is 10.1. The number of thioether (sulfide) groups is 1. The fraction of sp³-hybridized carbons (Fsp3) is 0.103. The van der Waals surface area contributed by atoms with Gasteiger partial charge in [-0.3, -0.25) is 9.59 Å². The number of anilines is 2. The Hall–Kier alpha value is -3.54. The maximum atomic E-state index is 13.3. The zero-order valence-corrected chi connectivity index (χ0v) is 20.8. The van der Waals surface area contributed by atoms with Crippen LogP contribution in [0.3, 0.4) is 0 Å². The Morgan fingerprint density at radius 2 is 1.49 bits per heavy atom. The highest BCUT2D eigenvalue weighted by Gasteiger charge is 2.22. The SMILES string of the molecule is Cc1cccc(NC(=O)C(Sc2cccc(NC(=O)Cc3ccc(Cl)cc3)c2)c2ccccc2)c1. The summed E-state index contributed by atoms with van der Waals surface area (Å²) >= 11 is 7.37. The molecule has 0 saturated carbocycles. The molecule has 4 rings (SSSR count). The summed E-state index contributed by atoms with van der Waals surface area (Å²) in [6.07, 6.45) is 0.250. The molecule has 0 heterocycles. The lowest BCUT2D eigenvalue weighted by Gasteiger charge is -2.18. The summed E-state index contributed by atoms with van der Waals surface area (Å²) in [5.41, 5.74) is 4.31. The number of hydrogen-bond acceptors (Lipinski definition) is 3. The zero-order valence-electron chi connectivity index (χ0n) is 19.2. The fourth-order valence-corrected chi connectivity index (χ4v) is 4.82. The highest BCUT2D eigenvalue weighted by Crippen LogP contribution is 2.37. The molecule has 4 aromatic rings. The molecule has 0 bridgehead atoms. The molecule has 0 aromatic heterocycles. The lowest BCUT2D eigenvalue weighted by molar-refractivity contribution is -0.116. The summed E-state index contributed by atoms with van der Waals surface area (Å²) in [6, 6.07) is 32.2. The predicted molar refractivity (Wildman–Crippen MR) is 145 cm³/mol. The first-order valence-corrected chi connectivity index (χ1v) is 12.5. The van der Waals surface area contributed by atoms with E-state index in [1.165, 1.54) is 11.8 Å². The summed E-state index contributed by atoms with van der Waals surface area (Å²) in [7, 11) is 0. The number of nitrogens with one attached hydrogen (secondary N) is 2. The van der Waals surface area contributed by atoms with E-state index in [2.05, 4.69) is 10.6 Å². The van der Waals surface area contributed by atoms with E-state index in [1.54, 1.807) is 12.1 Å². The van der Waals surface area contributed by atoms with Crippen LogP contribution >= 0.6 is 23.4 Å². The summed E-state index contributed by atoms with van der Waals surface area (Å²) < 4.78 is 0. The van der Waals surface area contributed by atoms with Crippen LogP contribution in [0.1, 0.15) is 21.9 Å². The first-order chi connectivity index (χ1) is 17.0. The third-order valence-corrected chi connectivity index (χ3v) is 6.78. The van der Waals surface area contributed by atoms with Gasteiger partial charge in [0.1, 0.15) is 5.25 Å². The normalized spacial score (nSPS) is 11.5. The molecule has 0 aliphatic carbocycles. The number of rotatable bonds is 8. The standard InChI is InChI=1S/C29H25ClN2O2S/c1-20-7-5-10-24(17-20)32-29(34)28(22-8-3-2-4-9-22)35-26-12-6-11-25(19-26)31-27(33)18-21-13-15-23(30)16-14-21/h2-17,19,28H,18H2,1H3,(H,31,33)(H,32,34). The van der Waals surface area contributed by atoms with E-state index >= 15 is 0 Å². The van der Waals surface area contributed by atoms with Gasteiger partial charge in [0.15, 0.2) is 0 Å². The van der Waals surface area contributed by atoms with Crippen molar-refractivity contribution in [1.82, 2.24) is 0 Å². The molecule has 4 aromatic carbocycles. The quantitative estimate of drug-likeness (QED) is 0.249. The van der Waals surface area contributed by atoms with E-state index in [0.717, 1.165) is 27.3 Å². The largest absolute Gasteiger partial charge is 0.326 e. The zero-order chi connectivity index (χ0) is 24.6. The molecule has 0 spiro atoms. The first-order valence-electron chi connectivity index (χ1n) is 11.2. The van der Waals surface area contributed by atoms with Crippen molar-refractivity contribution in [2.75, 3.05) is 10.6 Å². The Morgan fingerprint density at radius 3 is 2.20 bits per heavy atom. The third-order valence-electron chi connectivity index (χ3n) is 5.28. The van der Waals surface area contributed by atoms with E-state index in [0.29, 0.717) is 10.7 Å². The Bertz CT molecular complexity index is 1310. The summed E-state index contributed by atoms with van der Waals surface area (Å²) in [5, 5.41) is 6.16. The highest BCUT2D eigenvalue weighted by atomic mass is 35.5. The molecule has 0 saturated heterocycles. The smallest absolute Gasteiger partial charge is 0.242 e. The maximum Gasteiger partial charge on any atom is 0.242 e. The van der Waals surface area contributed by atoms with E-state index in [1.807, 2.05) is 97.9 Å². The van der Waals surface area contributed by atoms with Gasteiger partial charge < -0.3 is 10.6 Å². The Labute approximate surface area is 214 Å². The van der Waals surface area contributed by atoms with Gasteiger partial charge in [-0.15, -0.1) is 11.8 Å². The average molecular weight is 501 g/mol. The fourth-order valence-electron chi connectivity index (χ4n) is 3.61. The van der Waals surface area contributed by atoms with Crippen molar-refractivity contribution in [3.05, 3.63) is 125 Å². The monoisotopic (exact) mass is 500 g/mol. The van der Waals surface area contributed by atoms with Gasteiger partial charge in [0, 0.05) is 21.3 Å². The van der Waals surface area contributed by atoms with Gasteiger partial charge in [-0.2, -0.15) is 0 Å². The average Bonchev–Trinajstić information content (AvgIpc) is 2.85. The number of halogens is 1. The summed E-state index contributed by atoms with van der Waals surface area (Å²) in [4.78, 5) is 26.7. The third kappa shape index (κ3) is 7.22. The van der Waals surface area contributed by atoms with Crippen molar-refractivity contribution in [2.45, 2.75) is 23.5 Å². The molecule has 2 amide bonds. The minimum absolute atomic E-state index is 0.107. The topological polar surface area (TPSA) is 58.2 Å². The second-order valence-electron chi connectivity index (χ2n) is 8.15. The minimum Gasteiger partial charge on any atom is -0.326 e. The van der Waals surface area contributed by atoms with Crippen LogP contribution in [-0.2, 0) is 16.0 Å². The van der Waals surface area contributed by atoms with Crippen molar-refractivity contribution < 1.29 is 9.59 Å². The van der Waals surface area contributed by atoms with Gasteiger partial charge in [-0.05, 0) is 66.1 Å². The van der Waals surface area contributed by atoms with Crippen LogP contribution in [-0.4, -0.2) is 11.8 Å². The molecule has 0 aliphatic heterocycles. The van der Waals surface area contributed by atoms with Gasteiger partial charge in [0.2, 0.25) is 11.8 Å². The van der Waals surface area contributed by atoms with Gasteiger partial charge >= 0.3 is 0 Å². The van der Waals surface area contributed by atoms with Crippen molar-refractivity contribution in [3.8, 4) is 0 Å². The number of amides is 2. The van der Waals surface area contributed by atoms with Crippen molar-refractivity contribution >= 4 is 46.6 Å². The number of carbonyl (C=O) groups excluding carboxylic acids is 2. The van der Waals surface area contributed by atoms with Crippen molar-refractivity contribution in [3.63, 3.8) is 0 Å². The Morgan fingerprint density at radius 1 is 0.800 bits per heavy atom. The molecule has 2 N–H and O–H groups in total. The van der Waals surface area contributed by atoms with E-state index in [9.17, 15) is 9.59 Å². The molecule has 0 aliphatic rings. The molecule has 1 atom stereocenters. The van der Waals surface area contributed by atoms with Crippen LogP contribution in [0, 0.1) is 6.92 Å². The molecule has 0 radical (unpaired) electrons. The predicted octanol–water partition coefficient (Wildman–Crippen LogP) is 7.30. The second-order valence-corrected chi connectivity index (χ2v) is 9.76. The van der Waals surface area contributed by atoms with Crippen LogP contribution < -0.4 is 10.6 Å². The molecular weight excluding hydrogens is 476 g/mol. The van der Waals surface area contributed by atoms with Crippen LogP contribution in [0.25, 0.3) is 0 Å². The van der Waals surface area contributed by atoms with Crippen molar-refractivity contribution in [2.24, 2.45) is 0 Å². The number of carbonyl (C=O) groups is 2. The lowest BCUT2D eigenvalue weighted by Crippen LogP contribution is -2.19.